The Hall–Kier alpha value is -6.50. The molecule has 390 valence electrons. The van der Waals surface area contributed by atoms with Gasteiger partial charge < -0.3 is 14.3 Å². The molecular weight excluding hydrogens is 1170 g/mol. The Morgan fingerprint density at radius 2 is 0.949 bits per heavy atom. The van der Waals surface area contributed by atoms with Crippen LogP contribution in [-0.2, 0) is 9.31 Å². The first kappa shape index (κ1) is 54.8. The molecule has 1 saturated heterocycles. The molecule has 78 heavy (non-hydrogen) atoms. The summed E-state index contributed by atoms with van der Waals surface area (Å²) in [4.78, 5) is 24.3. The Bertz CT molecular complexity index is 4470. The first-order valence-corrected chi connectivity index (χ1v) is 28.5. The fourth-order valence-corrected chi connectivity index (χ4v) is 13.9. The Morgan fingerprint density at radius 3 is 1.54 bits per heavy atom. The summed E-state index contributed by atoms with van der Waals surface area (Å²) in [6, 6.07) is 57.3. The summed E-state index contributed by atoms with van der Waals surface area (Å²) in [5, 5.41) is 33.2. The van der Waals surface area contributed by atoms with E-state index in [0.29, 0.717) is 20.1 Å². The molecule has 9 nitrogen and oxygen atoms in total. The van der Waals surface area contributed by atoms with Gasteiger partial charge in [0.1, 0.15) is 0 Å². The van der Waals surface area contributed by atoms with E-state index in [1.54, 1.807) is 35.6 Å². The number of aromatic nitrogens is 1. The van der Waals surface area contributed by atoms with E-state index < -0.39 is 4.92 Å². The van der Waals surface area contributed by atoms with Gasteiger partial charge in [-0.15, -0.1) is 34.0 Å². The monoisotopic (exact) mass is 1210 g/mol. The molecular formula is C60H43BBrCl3FN3O6S3. The summed E-state index contributed by atoms with van der Waals surface area (Å²) in [6.07, 6.45) is 0. The van der Waals surface area contributed by atoms with E-state index in [1.165, 1.54) is 73.5 Å². The van der Waals surface area contributed by atoms with Crippen LogP contribution in [0.1, 0.15) is 27.7 Å². The van der Waals surface area contributed by atoms with Gasteiger partial charge in [0, 0.05) is 104 Å². The molecule has 0 bridgehead atoms. The topological polar surface area (TPSA) is 121 Å². The minimum Gasteiger partial charge on any atom is -0.399 e. The predicted octanol–water partition coefficient (Wildman–Crippen LogP) is 20.1. The van der Waals surface area contributed by atoms with Crippen molar-refractivity contribution in [2.75, 3.05) is 0 Å². The lowest BCUT2D eigenvalue weighted by Gasteiger charge is -2.32. The van der Waals surface area contributed by atoms with Gasteiger partial charge >= 0.3 is 7.12 Å². The van der Waals surface area contributed by atoms with Gasteiger partial charge in [0.25, 0.3) is 11.4 Å². The highest BCUT2D eigenvalue weighted by molar-refractivity contribution is 9.10. The Labute approximate surface area is 481 Å². The molecule has 0 saturated carbocycles. The number of aromatic amines is 1. The average molecular weight is 1210 g/mol. The second kappa shape index (κ2) is 22.0. The summed E-state index contributed by atoms with van der Waals surface area (Å²) in [5.41, 5.74) is 4.24. The fraction of sp³-hybridized carbons (Fsp3) is 0.100. The quantitative estimate of drug-likeness (QED) is 0.106. The lowest BCUT2D eigenvalue weighted by atomic mass is 9.76. The summed E-state index contributed by atoms with van der Waals surface area (Å²) >= 11 is 26.0. The number of rotatable bonds is 4. The number of hydrogen-bond donors (Lipinski definition) is 1. The summed E-state index contributed by atoms with van der Waals surface area (Å²) < 4.78 is 20.5. The lowest BCUT2D eigenvalue weighted by molar-refractivity contribution is -0.385. The second-order valence-electron chi connectivity index (χ2n) is 19.2. The molecule has 14 rings (SSSR count). The van der Waals surface area contributed by atoms with Gasteiger partial charge in [-0.1, -0.05) is 120 Å². The third kappa shape index (κ3) is 10.4. The highest BCUT2D eigenvalue weighted by Gasteiger charge is 2.52. The minimum atomic E-state index is -0.490. The van der Waals surface area contributed by atoms with E-state index in [1.807, 2.05) is 65.1 Å². The van der Waals surface area contributed by atoms with Gasteiger partial charge in [0.2, 0.25) is 0 Å². The smallest absolute Gasteiger partial charge is 0.399 e. The van der Waals surface area contributed by atoms with Crippen LogP contribution in [-0.4, -0.2) is 33.2 Å². The molecule has 13 aromatic rings. The molecule has 0 unspecified atom stereocenters. The second-order valence-corrected chi connectivity index (χ2v) is 24.6. The number of nitro benzene ring substituents is 2. The zero-order chi connectivity index (χ0) is 53.9. The maximum Gasteiger partial charge on any atom is 0.495 e. The third-order valence-corrected chi connectivity index (χ3v) is 18.7. The van der Waals surface area contributed by atoms with Crippen molar-refractivity contribution in [1.29, 1.82) is 0 Å². The SMILES string of the molecule is CC1(C)OB(c2cccc3sc4ccccc4c23)OC1(C)C.Clc1ccc2c(c1)[nH]c1ccc3sc4ccccc4c3c12.F.O=[N+]([O-])c1cc(Cl)ccc1-c1cccc2sc3ccccc3c12.O=[N+]([O-])c1cc(Cl)ccc1Br. The first-order valence-electron chi connectivity index (χ1n) is 24.2. The van der Waals surface area contributed by atoms with E-state index in [0.717, 1.165) is 37.0 Å². The lowest BCUT2D eigenvalue weighted by Crippen LogP contribution is -2.41. The van der Waals surface area contributed by atoms with E-state index in [2.05, 4.69) is 146 Å². The Morgan fingerprint density at radius 1 is 0.474 bits per heavy atom. The zero-order valence-electron chi connectivity index (χ0n) is 41.8. The number of halogens is 5. The molecule has 18 heteroatoms. The normalized spacial score (nSPS) is 13.6. The summed E-state index contributed by atoms with van der Waals surface area (Å²) in [7, 11) is -0.313. The maximum atomic E-state index is 11.4. The van der Waals surface area contributed by atoms with Gasteiger partial charge in [-0.2, -0.15) is 0 Å². The molecule has 9 aromatic carbocycles. The van der Waals surface area contributed by atoms with Crippen LogP contribution in [0.25, 0.3) is 93.4 Å². The van der Waals surface area contributed by atoms with Crippen LogP contribution < -0.4 is 5.46 Å². The summed E-state index contributed by atoms with van der Waals surface area (Å²) in [5.74, 6) is 0. The molecule has 1 fully saturated rings. The number of H-pyrrole nitrogens is 1. The van der Waals surface area contributed by atoms with Gasteiger partial charge in [-0.05, 0) is 139 Å². The minimum absolute atomic E-state index is 0. The highest BCUT2D eigenvalue weighted by atomic mass is 79.9. The fourth-order valence-electron chi connectivity index (χ4n) is 9.66. The van der Waals surface area contributed by atoms with Crippen molar-refractivity contribution in [2.24, 2.45) is 0 Å². The molecule has 4 aromatic heterocycles. The van der Waals surface area contributed by atoms with Gasteiger partial charge in [-0.25, -0.2) is 0 Å². The van der Waals surface area contributed by atoms with Crippen molar-refractivity contribution in [3.05, 3.63) is 216 Å². The molecule has 0 radical (unpaired) electrons. The zero-order valence-corrected chi connectivity index (χ0v) is 48.1. The number of nitrogens with zero attached hydrogens (tertiary/aromatic N) is 2. The number of benzene rings is 9. The maximum absolute atomic E-state index is 11.4. The van der Waals surface area contributed by atoms with Crippen LogP contribution >= 0.6 is 84.7 Å². The molecule has 0 atom stereocenters. The summed E-state index contributed by atoms with van der Waals surface area (Å²) in [6.45, 7) is 8.38. The third-order valence-electron chi connectivity index (χ3n) is 14.0. The molecule has 0 amide bonds. The van der Waals surface area contributed by atoms with E-state index >= 15 is 0 Å². The predicted molar refractivity (Wildman–Crippen MR) is 333 cm³/mol. The van der Waals surface area contributed by atoms with E-state index in [-0.39, 0.29) is 39.3 Å². The first-order chi connectivity index (χ1) is 37.0. The van der Waals surface area contributed by atoms with Crippen LogP contribution in [0.2, 0.25) is 15.1 Å². The van der Waals surface area contributed by atoms with Crippen LogP contribution in [0.5, 0.6) is 0 Å². The molecule has 1 aliphatic rings. The number of fused-ring (bicyclic) bond motifs is 13. The Balaban J connectivity index is 0.000000120. The molecule has 1 aliphatic heterocycles. The number of hydrogen-bond acceptors (Lipinski definition) is 9. The van der Waals surface area contributed by atoms with Gasteiger partial charge in [0.15, 0.2) is 0 Å². The van der Waals surface area contributed by atoms with Crippen molar-refractivity contribution >= 4 is 191 Å². The van der Waals surface area contributed by atoms with E-state index in [4.69, 9.17) is 44.1 Å². The number of thiophene rings is 3. The standard InChI is InChI=1S/C18H19BO2S.C18H10ClNO2S.C18H10ClNS.C6H3BrClNO2.FH/c1-17(2)18(3,4)21-19(20-17)13-9-7-11-15-16(13)12-8-5-6-10-14(12)22-15;19-11-8-9-12(15(10-11)20(21)22)13-5-3-7-17-18(13)14-4-1-2-6-16(14)23-17;19-10-5-6-11-14(9-10)20-13-7-8-16-18(17(11)13)12-3-1-2-4-15(12)21-16;7-5-2-1-4(8)3-6(5)9(10)11;/h5-11H,1-4H3;1-10H;1-9,20H;1-3H;1H. The highest BCUT2D eigenvalue weighted by Crippen LogP contribution is 2.45. The van der Waals surface area contributed by atoms with Gasteiger partial charge in [-0.3, -0.25) is 24.9 Å². The van der Waals surface area contributed by atoms with Crippen LogP contribution in [0.15, 0.2) is 180 Å². The number of nitro groups is 2. The van der Waals surface area contributed by atoms with Crippen molar-refractivity contribution in [1.82, 2.24) is 4.98 Å². The van der Waals surface area contributed by atoms with Crippen molar-refractivity contribution in [2.45, 2.75) is 38.9 Å². The van der Waals surface area contributed by atoms with Crippen molar-refractivity contribution in [3.63, 3.8) is 0 Å². The largest absolute Gasteiger partial charge is 0.495 e. The van der Waals surface area contributed by atoms with Crippen molar-refractivity contribution in [3.8, 4) is 11.1 Å². The van der Waals surface area contributed by atoms with Gasteiger partial charge in [0.05, 0.1) is 31.1 Å². The van der Waals surface area contributed by atoms with Crippen molar-refractivity contribution < 1.29 is 23.9 Å². The van der Waals surface area contributed by atoms with Crippen LogP contribution in [0.4, 0.5) is 16.1 Å². The van der Waals surface area contributed by atoms with Crippen LogP contribution in [0.3, 0.4) is 0 Å². The number of nitrogens with one attached hydrogen (secondary N) is 1. The van der Waals surface area contributed by atoms with Crippen LogP contribution in [0, 0.1) is 20.2 Å². The van der Waals surface area contributed by atoms with E-state index in [9.17, 15) is 20.2 Å². The molecule has 5 heterocycles. The average Bonchev–Trinajstić information content (AvgIpc) is 4.30. The molecule has 0 spiro atoms. The molecule has 1 N–H and O–H groups in total. The molecule has 0 aliphatic carbocycles. The Kier molecular flexibility index (Phi) is 15.4.